The number of thiophene rings is 1. The standard InChI is InChI=1S/C20H29N3O2S/c1-16(2)12-23(13-17-6-11-26-15-17)20(24)19-5-4-18(25-19)14-22-9-7-21(3)8-10-22/h4-6,11,15-16H,7-10,12-14H2,1-3H3. The maximum absolute atomic E-state index is 13.0. The lowest BCUT2D eigenvalue weighted by atomic mass is 10.2. The van der Waals surface area contributed by atoms with Crippen molar-refractivity contribution in [3.8, 4) is 0 Å². The van der Waals surface area contributed by atoms with Gasteiger partial charge in [0.15, 0.2) is 5.76 Å². The summed E-state index contributed by atoms with van der Waals surface area (Å²) < 4.78 is 5.91. The normalized spacial score (nSPS) is 16.3. The smallest absolute Gasteiger partial charge is 0.289 e. The van der Waals surface area contributed by atoms with E-state index in [0.717, 1.165) is 45.0 Å². The minimum absolute atomic E-state index is 0.0190. The van der Waals surface area contributed by atoms with Gasteiger partial charge < -0.3 is 14.2 Å². The topological polar surface area (TPSA) is 39.9 Å². The van der Waals surface area contributed by atoms with Crippen molar-refractivity contribution in [3.05, 3.63) is 46.0 Å². The first-order valence-corrected chi connectivity index (χ1v) is 10.3. The van der Waals surface area contributed by atoms with E-state index >= 15 is 0 Å². The zero-order chi connectivity index (χ0) is 18.5. The number of hydrogen-bond donors (Lipinski definition) is 0. The zero-order valence-electron chi connectivity index (χ0n) is 16.0. The van der Waals surface area contributed by atoms with Gasteiger partial charge in [-0.2, -0.15) is 11.3 Å². The number of piperazine rings is 1. The van der Waals surface area contributed by atoms with Crippen LogP contribution in [0, 0.1) is 5.92 Å². The molecular formula is C20H29N3O2S. The number of nitrogens with zero attached hydrogens (tertiary/aromatic N) is 3. The Hall–Kier alpha value is -1.63. The maximum atomic E-state index is 13.0. The van der Waals surface area contributed by atoms with Gasteiger partial charge in [-0.25, -0.2) is 0 Å². The Kier molecular flexibility index (Phi) is 6.51. The monoisotopic (exact) mass is 375 g/mol. The molecule has 0 aliphatic carbocycles. The van der Waals surface area contributed by atoms with Crippen molar-refractivity contribution in [2.45, 2.75) is 26.9 Å². The molecule has 2 aromatic heterocycles. The lowest BCUT2D eigenvalue weighted by molar-refractivity contribution is 0.0685. The highest BCUT2D eigenvalue weighted by Gasteiger charge is 2.22. The van der Waals surface area contributed by atoms with Gasteiger partial charge in [0.1, 0.15) is 5.76 Å². The highest BCUT2D eigenvalue weighted by atomic mass is 32.1. The van der Waals surface area contributed by atoms with Crippen LogP contribution in [0.5, 0.6) is 0 Å². The average molecular weight is 376 g/mol. The van der Waals surface area contributed by atoms with Crippen molar-refractivity contribution in [1.29, 1.82) is 0 Å². The summed E-state index contributed by atoms with van der Waals surface area (Å²) in [6.07, 6.45) is 0. The van der Waals surface area contributed by atoms with E-state index < -0.39 is 0 Å². The number of hydrogen-bond acceptors (Lipinski definition) is 5. The average Bonchev–Trinajstić information content (AvgIpc) is 3.27. The molecule has 0 aromatic carbocycles. The van der Waals surface area contributed by atoms with E-state index in [1.807, 2.05) is 17.0 Å². The largest absolute Gasteiger partial charge is 0.455 e. The second kappa shape index (κ2) is 8.84. The predicted octanol–water partition coefficient (Wildman–Crippen LogP) is 3.39. The molecule has 0 atom stereocenters. The molecule has 0 saturated carbocycles. The number of amides is 1. The highest BCUT2D eigenvalue weighted by Crippen LogP contribution is 2.18. The molecule has 2 aromatic rings. The van der Waals surface area contributed by atoms with Crippen molar-refractivity contribution in [3.63, 3.8) is 0 Å². The molecule has 3 rings (SSSR count). The summed E-state index contributed by atoms with van der Waals surface area (Å²) >= 11 is 1.66. The molecule has 0 N–H and O–H groups in total. The van der Waals surface area contributed by atoms with Gasteiger partial charge in [0.25, 0.3) is 5.91 Å². The molecule has 3 heterocycles. The van der Waals surface area contributed by atoms with Crippen LogP contribution in [-0.4, -0.2) is 60.4 Å². The summed E-state index contributed by atoms with van der Waals surface area (Å²) in [6, 6.07) is 5.85. The molecule has 0 bridgehead atoms. The van der Waals surface area contributed by atoms with Crippen LogP contribution in [0.4, 0.5) is 0 Å². The second-order valence-corrected chi connectivity index (χ2v) is 8.34. The molecule has 1 aliphatic rings. The van der Waals surface area contributed by atoms with E-state index in [4.69, 9.17) is 4.42 Å². The Morgan fingerprint density at radius 1 is 1.23 bits per heavy atom. The fourth-order valence-electron chi connectivity index (χ4n) is 3.22. The number of carbonyl (C=O) groups excluding carboxylic acids is 1. The third-order valence-electron chi connectivity index (χ3n) is 4.67. The first-order valence-electron chi connectivity index (χ1n) is 9.31. The lowest BCUT2D eigenvalue weighted by Gasteiger charge is -2.31. The summed E-state index contributed by atoms with van der Waals surface area (Å²) in [5.74, 6) is 1.72. The van der Waals surface area contributed by atoms with Crippen LogP contribution in [0.25, 0.3) is 0 Å². The van der Waals surface area contributed by atoms with E-state index in [1.165, 1.54) is 5.56 Å². The number of carbonyl (C=O) groups is 1. The van der Waals surface area contributed by atoms with Gasteiger partial charge >= 0.3 is 0 Å². The Bertz CT molecular complexity index is 688. The van der Waals surface area contributed by atoms with Crippen LogP contribution in [0.3, 0.4) is 0 Å². The molecule has 0 radical (unpaired) electrons. The van der Waals surface area contributed by atoms with E-state index in [1.54, 1.807) is 11.3 Å². The van der Waals surface area contributed by atoms with Crippen LogP contribution in [0.1, 0.15) is 35.7 Å². The van der Waals surface area contributed by atoms with Gasteiger partial charge in [0.05, 0.1) is 6.54 Å². The van der Waals surface area contributed by atoms with E-state index in [0.29, 0.717) is 18.2 Å². The van der Waals surface area contributed by atoms with Crippen LogP contribution in [0.15, 0.2) is 33.4 Å². The summed E-state index contributed by atoms with van der Waals surface area (Å²) in [5.41, 5.74) is 1.17. The van der Waals surface area contributed by atoms with E-state index in [2.05, 4.69) is 47.5 Å². The molecule has 6 heteroatoms. The van der Waals surface area contributed by atoms with Crippen LogP contribution >= 0.6 is 11.3 Å². The van der Waals surface area contributed by atoms with Crippen molar-refractivity contribution >= 4 is 17.2 Å². The fourth-order valence-corrected chi connectivity index (χ4v) is 3.88. The SMILES string of the molecule is CC(C)CN(Cc1ccsc1)C(=O)c1ccc(CN2CCN(C)CC2)o1. The molecule has 1 saturated heterocycles. The van der Waals surface area contributed by atoms with Crippen LogP contribution in [-0.2, 0) is 13.1 Å². The lowest BCUT2D eigenvalue weighted by Crippen LogP contribution is -2.43. The number of likely N-dealkylation sites (N-methyl/N-ethyl adjacent to an activating group) is 1. The molecule has 1 amide bonds. The van der Waals surface area contributed by atoms with Gasteiger partial charge in [-0.1, -0.05) is 13.8 Å². The van der Waals surface area contributed by atoms with Gasteiger partial charge in [-0.3, -0.25) is 9.69 Å². The van der Waals surface area contributed by atoms with E-state index in [9.17, 15) is 4.79 Å². The molecule has 1 aliphatic heterocycles. The maximum Gasteiger partial charge on any atom is 0.289 e. The van der Waals surface area contributed by atoms with Gasteiger partial charge in [0.2, 0.25) is 0 Å². The highest BCUT2D eigenvalue weighted by molar-refractivity contribution is 7.07. The molecule has 1 fully saturated rings. The van der Waals surface area contributed by atoms with Crippen molar-refractivity contribution < 1.29 is 9.21 Å². The van der Waals surface area contributed by atoms with Gasteiger partial charge in [-0.15, -0.1) is 0 Å². The van der Waals surface area contributed by atoms with Crippen LogP contribution < -0.4 is 0 Å². The van der Waals surface area contributed by atoms with Crippen LogP contribution in [0.2, 0.25) is 0 Å². The number of rotatable bonds is 7. The third-order valence-corrected chi connectivity index (χ3v) is 5.41. The summed E-state index contributed by atoms with van der Waals surface area (Å²) in [7, 11) is 2.15. The molecule has 0 unspecified atom stereocenters. The Labute approximate surface area is 160 Å². The Morgan fingerprint density at radius 2 is 2.00 bits per heavy atom. The Balaban J connectivity index is 1.64. The Morgan fingerprint density at radius 3 is 2.65 bits per heavy atom. The minimum atomic E-state index is -0.0190. The summed E-state index contributed by atoms with van der Waals surface area (Å²) in [4.78, 5) is 19.6. The van der Waals surface area contributed by atoms with E-state index in [-0.39, 0.29) is 5.91 Å². The second-order valence-electron chi connectivity index (χ2n) is 7.56. The van der Waals surface area contributed by atoms with Crippen molar-refractivity contribution in [1.82, 2.24) is 14.7 Å². The third kappa shape index (κ3) is 5.19. The molecular weight excluding hydrogens is 346 g/mol. The predicted molar refractivity (Wildman–Crippen MR) is 105 cm³/mol. The summed E-state index contributed by atoms with van der Waals surface area (Å²) in [6.45, 7) is 10.6. The number of furan rings is 1. The van der Waals surface area contributed by atoms with Crippen molar-refractivity contribution in [2.75, 3.05) is 39.8 Å². The van der Waals surface area contributed by atoms with Crippen molar-refractivity contribution in [2.24, 2.45) is 5.92 Å². The molecule has 5 nitrogen and oxygen atoms in total. The first-order chi connectivity index (χ1) is 12.5. The molecule has 0 spiro atoms. The zero-order valence-corrected chi connectivity index (χ0v) is 16.8. The van der Waals surface area contributed by atoms with Gasteiger partial charge in [-0.05, 0) is 47.5 Å². The summed E-state index contributed by atoms with van der Waals surface area (Å²) in [5, 5.41) is 4.15. The first kappa shape index (κ1) is 19.1. The van der Waals surface area contributed by atoms with Gasteiger partial charge in [0, 0.05) is 39.3 Å². The molecule has 142 valence electrons. The minimum Gasteiger partial charge on any atom is -0.455 e. The fraction of sp³-hybridized carbons (Fsp3) is 0.550. The molecule has 26 heavy (non-hydrogen) atoms. The quantitative estimate of drug-likeness (QED) is 0.744.